The van der Waals surface area contributed by atoms with E-state index in [0.717, 1.165) is 26.2 Å². The van der Waals surface area contributed by atoms with Crippen molar-refractivity contribution in [1.82, 2.24) is 15.5 Å². The van der Waals surface area contributed by atoms with Gasteiger partial charge in [0.05, 0.1) is 12.3 Å². The summed E-state index contributed by atoms with van der Waals surface area (Å²) in [6, 6.07) is 0.519. The molecule has 0 aromatic heterocycles. The van der Waals surface area contributed by atoms with Gasteiger partial charge >= 0.3 is 0 Å². The number of hydrogen-bond acceptors (Lipinski definition) is 4. The third-order valence-electron chi connectivity index (χ3n) is 3.47. The third-order valence-corrected chi connectivity index (χ3v) is 4.42. The van der Waals surface area contributed by atoms with Gasteiger partial charge in [-0.25, -0.2) is 8.42 Å². The number of likely N-dealkylation sites (tertiary alicyclic amines) is 1. The Morgan fingerprint density at radius 2 is 2.05 bits per heavy atom. The number of halogens is 1. The number of guanidine groups is 1. The Morgan fingerprint density at radius 3 is 2.62 bits per heavy atom. The van der Waals surface area contributed by atoms with Crippen LogP contribution in [-0.4, -0.2) is 70.1 Å². The molecule has 1 saturated heterocycles. The summed E-state index contributed by atoms with van der Waals surface area (Å²) in [5.41, 5.74) is 0. The second kappa shape index (κ2) is 10.6. The highest BCUT2D eigenvalue weighted by Crippen LogP contribution is 2.16. The summed E-state index contributed by atoms with van der Waals surface area (Å²) in [5.74, 6) is 0.834. The minimum absolute atomic E-state index is 0. The van der Waals surface area contributed by atoms with Crippen LogP contribution >= 0.6 is 24.0 Å². The summed E-state index contributed by atoms with van der Waals surface area (Å²) >= 11 is 0. The normalized spacial score (nSPS) is 20.1. The molecular weight excluding hydrogens is 403 g/mol. The van der Waals surface area contributed by atoms with Crippen LogP contribution in [0.3, 0.4) is 0 Å². The number of hydrogen-bond donors (Lipinski definition) is 2. The predicted octanol–water partition coefficient (Wildman–Crippen LogP) is 0.688. The van der Waals surface area contributed by atoms with Crippen molar-refractivity contribution in [3.8, 4) is 0 Å². The molecule has 0 radical (unpaired) electrons. The minimum atomic E-state index is -2.93. The summed E-state index contributed by atoms with van der Waals surface area (Å²) in [4.78, 5) is 7.02. The molecule has 1 aliphatic heterocycles. The topological polar surface area (TPSA) is 73.8 Å². The zero-order chi connectivity index (χ0) is 15.0. The predicted molar refractivity (Wildman–Crippen MR) is 99.4 cm³/mol. The highest BCUT2D eigenvalue weighted by Gasteiger charge is 2.22. The average Bonchev–Trinajstić information content (AvgIpc) is 2.81. The van der Waals surface area contributed by atoms with Gasteiger partial charge in [-0.1, -0.05) is 6.92 Å². The van der Waals surface area contributed by atoms with Crippen LogP contribution in [0.15, 0.2) is 4.99 Å². The number of likely N-dealkylation sites (N-methyl/N-ethyl adjacent to an activating group) is 1. The molecule has 1 heterocycles. The van der Waals surface area contributed by atoms with Gasteiger partial charge in [0.25, 0.3) is 0 Å². The Balaban J connectivity index is 0.00000400. The maximum absolute atomic E-state index is 11.1. The number of sulfone groups is 1. The van der Waals surface area contributed by atoms with Crippen LogP contribution in [0.4, 0.5) is 0 Å². The molecule has 1 unspecified atom stereocenters. The Bertz CT molecular complexity index is 414. The quantitative estimate of drug-likeness (QED) is 0.352. The van der Waals surface area contributed by atoms with Crippen LogP contribution in [0.2, 0.25) is 0 Å². The largest absolute Gasteiger partial charge is 0.357 e. The molecule has 0 aliphatic carbocycles. The molecule has 0 spiro atoms. The van der Waals surface area contributed by atoms with E-state index in [2.05, 4.69) is 27.4 Å². The number of nitrogens with one attached hydrogen (secondary N) is 2. The minimum Gasteiger partial charge on any atom is -0.357 e. The first-order valence-electron chi connectivity index (χ1n) is 7.40. The fraction of sp³-hybridized carbons (Fsp3) is 0.923. The summed E-state index contributed by atoms with van der Waals surface area (Å²) in [5, 5.41) is 6.23. The lowest BCUT2D eigenvalue weighted by molar-refractivity contribution is 0.273. The van der Waals surface area contributed by atoms with Crippen LogP contribution in [0.1, 0.15) is 26.7 Å². The number of aliphatic imine (C=N–C) groups is 1. The SMILES string of the molecule is CCNC(=NCC1CCCN1CC)NCCS(C)(=O)=O.I. The standard InChI is InChI=1S/C13H28N4O2S.HI/c1-4-14-13(15-8-10-20(3,18)19)16-11-12-7-6-9-17(12)5-2;/h12H,4-11H2,1-3H3,(H2,14,15,16);1H. The number of rotatable bonds is 7. The van der Waals surface area contributed by atoms with Crippen LogP contribution in [0, 0.1) is 0 Å². The Labute approximate surface area is 146 Å². The van der Waals surface area contributed by atoms with Crippen molar-refractivity contribution >= 4 is 39.8 Å². The van der Waals surface area contributed by atoms with E-state index in [1.807, 2.05) is 6.92 Å². The summed E-state index contributed by atoms with van der Waals surface area (Å²) in [6.45, 7) is 8.34. The van der Waals surface area contributed by atoms with Crippen molar-refractivity contribution in [1.29, 1.82) is 0 Å². The van der Waals surface area contributed by atoms with Crippen molar-refractivity contribution in [3.05, 3.63) is 0 Å². The first-order chi connectivity index (χ1) is 9.46. The van der Waals surface area contributed by atoms with E-state index in [1.54, 1.807) is 0 Å². The summed E-state index contributed by atoms with van der Waals surface area (Å²) < 4.78 is 22.2. The molecule has 21 heavy (non-hydrogen) atoms. The second-order valence-corrected chi connectivity index (χ2v) is 7.46. The fourth-order valence-electron chi connectivity index (χ4n) is 2.41. The first-order valence-corrected chi connectivity index (χ1v) is 9.46. The monoisotopic (exact) mass is 432 g/mol. The lowest BCUT2D eigenvalue weighted by atomic mass is 10.2. The molecular formula is C13H29IN4O2S. The highest BCUT2D eigenvalue weighted by atomic mass is 127. The Morgan fingerprint density at radius 1 is 1.33 bits per heavy atom. The van der Waals surface area contributed by atoms with Gasteiger partial charge in [-0.05, 0) is 32.9 Å². The Kier molecular flexibility index (Phi) is 10.6. The van der Waals surface area contributed by atoms with Gasteiger partial charge in [-0.2, -0.15) is 0 Å². The highest BCUT2D eigenvalue weighted by molar-refractivity contribution is 14.0. The molecule has 1 fully saturated rings. The van der Waals surface area contributed by atoms with Crippen molar-refractivity contribution in [3.63, 3.8) is 0 Å². The van der Waals surface area contributed by atoms with Gasteiger partial charge in [0, 0.05) is 25.4 Å². The molecule has 0 bridgehead atoms. The molecule has 2 N–H and O–H groups in total. The Hall–Kier alpha value is -0.0900. The molecule has 1 aliphatic rings. The van der Waals surface area contributed by atoms with Gasteiger partial charge in [-0.15, -0.1) is 24.0 Å². The van der Waals surface area contributed by atoms with Crippen molar-refractivity contribution in [2.75, 3.05) is 44.7 Å². The average molecular weight is 432 g/mol. The van der Waals surface area contributed by atoms with E-state index < -0.39 is 9.84 Å². The molecule has 0 amide bonds. The van der Waals surface area contributed by atoms with E-state index in [0.29, 0.717) is 18.5 Å². The van der Waals surface area contributed by atoms with E-state index >= 15 is 0 Å². The van der Waals surface area contributed by atoms with Crippen LogP contribution < -0.4 is 10.6 Å². The second-order valence-electron chi connectivity index (χ2n) is 5.20. The van der Waals surface area contributed by atoms with E-state index in [4.69, 9.17) is 0 Å². The molecule has 6 nitrogen and oxygen atoms in total. The van der Waals surface area contributed by atoms with E-state index in [-0.39, 0.29) is 29.7 Å². The van der Waals surface area contributed by atoms with Gasteiger partial charge in [0.2, 0.25) is 0 Å². The molecule has 0 saturated carbocycles. The molecule has 126 valence electrons. The molecule has 1 rings (SSSR count). The van der Waals surface area contributed by atoms with Crippen molar-refractivity contribution in [2.24, 2.45) is 4.99 Å². The first kappa shape index (κ1) is 20.9. The maximum atomic E-state index is 11.1. The lowest BCUT2D eigenvalue weighted by Crippen LogP contribution is -2.41. The zero-order valence-corrected chi connectivity index (χ0v) is 16.4. The van der Waals surface area contributed by atoms with E-state index in [1.165, 1.54) is 19.1 Å². The molecule has 8 heteroatoms. The van der Waals surface area contributed by atoms with Gasteiger partial charge in [0.15, 0.2) is 5.96 Å². The molecule has 1 atom stereocenters. The maximum Gasteiger partial charge on any atom is 0.191 e. The molecule has 0 aromatic carbocycles. The third kappa shape index (κ3) is 8.82. The van der Waals surface area contributed by atoms with E-state index in [9.17, 15) is 8.42 Å². The van der Waals surface area contributed by atoms with Gasteiger partial charge in [0.1, 0.15) is 9.84 Å². The fourth-order valence-corrected chi connectivity index (χ4v) is 2.88. The van der Waals surface area contributed by atoms with Crippen LogP contribution in [-0.2, 0) is 9.84 Å². The van der Waals surface area contributed by atoms with Crippen molar-refractivity contribution in [2.45, 2.75) is 32.7 Å². The zero-order valence-electron chi connectivity index (χ0n) is 13.3. The summed E-state index contributed by atoms with van der Waals surface area (Å²) in [6.07, 6.45) is 3.68. The van der Waals surface area contributed by atoms with Gasteiger partial charge in [-0.3, -0.25) is 9.89 Å². The van der Waals surface area contributed by atoms with Crippen molar-refractivity contribution < 1.29 is 8.42 Å². The molecule has 0 aromatic rings. The van der Waals surface area contributed by atoms with Gasteiger partial charge < -0.3 is 10.6 Å². The smallest absolute Gasteiger partial charge is 0.191 e. The summed E-state index contributed by atoms with van der Waals surface area (Å²) in [7, 11) is -2.93. The lowest BCUT2D eigenvalue weighted by Gasteiger charge is -2.21. The van der Waals surface area contributed by atoms with Crippen LogP contribution in [0.5, 0.6) is 0 Å². The van der Waals surface area contributed by atoms with Crippen LogP contribution in [0.25, 0.3) is 0 Å². The number of nitrogens with zero attached hydrogens (tertiary/aromatic N) is 2.